The number of fused-ring (bicyclic) bond motifs is 2. The zero-order chi connectivity index (χ0) is 17.1. The van der Waals surface area contributed by atoms with E-state index in [0.29, 0.717) is 34.8 Å². The SMILES string of the molecule is Nc1c(Cl)cc2c3c(cccc13)CN(C1CCN3CCCC1C3)C2=O. The van der Waals surface area contributed by atoms with E-state index in [4.69, 9.17) is 17.3 Å². The fourth-order valence-corrected chi connectivity index (χ4v) is 5.31. The molecule has 2 bridgehead atoms. The van der Waals surface area contributed by atoms with E-state index in [2.05, 4.69) is 15.9 Å². The molecule has 2 N–H and O–H groups in total. The number of hydrogen-bond donors (Lipinski definition) is 1. The summed E-state index contributed by atoms with van der Waals surface area (Å²) in [4.78, 5) is 18.0. The van der Waals surface area contributed by atoms with Gasteiger partial charge in [0.25, 0.3) is 5.91 Å². The lowest BCUT2D eigenvalue weighted by atomic mass is 9.82. The van der Waals surface area contributed by atoms with E-state index in [0.717, 1.165) is 30.3 Å². The second kappa shape index (κ2) is 5.61. The maximum atomic E-state index is 13.3. The average Bonchev–Trinajstić information content (AvgIpc) is 2.62. The number of nitrogen functional groups attached to an aromatic ring is 1. The molecule has 0 aliphatic carbocycles. The summed E-state index contributed by atoms with van der Waals surface area (Å²) < 4.78 is 0. The van der Waals surface area contributed by atoms with Crippen LogP contribution >= 0.6 is 11.6 Å². The van der Waals surface area contributed by atoms with Crippen molar-refractivity contribution in [2.75, 3.05) is 25.4 Å². The fourth-order valence-electron chi connectivity index (χ4n) is 5.10. The number of piperidine rings is 2. The first kappa shape index (κ1) is 15.5. The van der Waals surface area contributed by atoms with Gasteiger partial charge in [-0.05, 0) is 43.4 Å². The molecule has 3 atom stereocenters. The number of anilines is 1. The Kier molecular flexibility index (Phi) is 3.47. The molecule has 1 amide bonds. The summed E-state index contributed by atoms with van der Waals surface area (Å²) in [7, 11) is 0. The molecule has 2 aromatic rings. The van der Waals surface area contributed by atoms with Gasteiger partial charge in [0.15, 0.2) is 0 Å². The Balaban J connectivity index is 1.59. The van der Waals surface area contributed by atoms with Crippen LogP contribution in [-0.4, -0.2) is 41.4 Å². The fraction of sp³-hybridized carbons (Fsp3) is 0.450. The normalized spacial score (nSPS) is 28.4. The van der Waals surface area contributed by atoms with Gasteiger partial charge in [0.05, 0.1) is 10.7 Å². The van der Waals surface area contributed by atoms with Crippen LogP contribution in [0.15, 0.2) is 24.3 Å². The minimum Gasteiger partial charge on any atom is -0.397 e. The summed E-state index contributed by atoms with van der Waals surface area (Å²) in [5.74, 6) is 0.714. The molecule has 0 aromatic heterocycles. The summed E-state index contributed by atoms with van der Waals surface area (Å²) >= 11 is 6.33. The van der Waals surface area contributed by atoms with E-state index >= 15 is 0 Å². The molecule has 130 valence electrons. The lowest BCUT2D eigenvalue weighted by Crippen LogP contribution is -2.55. The van der Waals surface area contributed by atoms with Gasteiger partial charge in [-0.1, -0.05) is 29.8 Å². The van der Waals surface area contributed by atoms with E-state index in [1.807, 2.05) is 12.1 Å². The van der Waals surface area contributed by atoms with Crippen molar-refractivity contribution >= 4 is 34.0 Å². The van der Waals surface area contributed by atoms with Gasteiger partial charge in [0.2, 0.25) is 0 Å². The van der Waals surface area contributed by atoms with Crippen LogP contribution in [0.5, 0.6) is 0 Å². The van der Waals surface area contributed by atoms with Crippen molar-refractivity contribution in [1.82, 2.24) is 9.80 Å². The van der Waals surface area contributed by atoms with E-state index < -0.39 is 0 Å². The second-order valence-electron chi connectivity index (χ2n) is 7.65. The standard InChI is InChI=1S/C20H22ClN3O/c21-16-9-15-18-13(3-1-5-14(18)19(16)22)11-24(20(15)25)17-6-8-23-7-2-4-12(17)10-23/h1,3,5,9,12,17H,2,4,6-8,10-11,22H2. The molecule has 2 aromatic carbocycles. The minimum absolute atomic E-state index is 0.120. The molecule has 4 nitrogen and oxygen atoms in total. The van der Waals surface area contributed by atoms with Crippen molar-refractivity contribution in [1.29, 1.82) is 0 Å². The van der Waals surface area contributed by atoms with Gasteiger partial charge < -0.3 is 15.5 Å². The second-order valence-corrected chi connectivity index (χ2v) is 8.06. The Labute approximate surface area is 152 Å². The molecule has 3 heterocycles. The number of benzene rings is 2. The summed E-state index contributed by atoms with van der Waals surface area (Å²) in [6.07, 6.45) is 3.55. The predicted molar refractivity (Wildman–Crippen MR) is 101 cm³/mol. The molecule has 25 heavy (non-hydrogen) atoms. The molecular formula is C20H22ClN3O. The third-order valence-corrected chi connectivity index (χ3v) is 6.61. The third kappa shape index (κ3) is 2.27. The van der Waals surface area contributed by atoms with Crippen molar-refractivity contribution in [2.45, 2.75) is 31.8 Å². The minimum atomic E-state index is 0.120. The number of nitrogens with two attached hydrogens (primary N) is 1. The van der Waals surface area contributed by atoms with Crippen LogP contribution in [0.1, 0.15) is 35.2 Å². The quantitative estimate of drug-likeness (QED) is 0.796. The predicted octanol–water partition coefficient (Wildman–Crippen LogP) is 3.52. The number of hydrogen-bond acceptors (Lipinski definition) is 3. The summed E-state index contributed by atoms with van der Waals surface area (Å²) in [5.41, 5.74) is 8.64. The van der Waals surface area contributed by atoms with E-state index in [1.54, 1.807) is 6.07 Å². The van der Waals surface area contributed by atoms with E-state index in [1.165, 1.54) is 24.9 Å². The number of carbonyl (C=O) groups is 1. The molecule has 5 heteroatoms. The Morgan fingerprint density at radius 2 is 2.08 bits per heavy atom. The van der Waals surface area contributed by atoms with Crippen LogP contribution in [0.3, 0.4) is 0 Å². The van der Waals surface area contributed by atoms with Crippen molar-refractivity contribution in [3.8, 4) is 0 Å². The molecule has 0 saturated carbocycles. The van der Waals surface area contributed by atoms with Gasteiger partial charge in [-0.25, -0.2) is 0 Å². The van der Waals surface area contributed by atoms with Crippen LogP contribution in [0.2, 0.25) is 5.02 Å². The molecule has 0 radical (unpaired) electrons. The summed E-state index contributed by atoms with van der Waals surface area (Å²) in [6, 6.07) is 8.21. The number of carbonyl (C=O) groups excluding carboxylic acids is 1. The topological polar surface area (TPSA) is 49.6 Å². The Morgan fingerprint density at radius 1 is 1.20 bits per heavy atom. The molecule has 3 unspecified atom stereocenters. The third-order valence-electron chi connectivity index (χ3n) is 6.30. The first-order chi connectivity index (χ1) is 12.1. The van der Waals surface area contributed by atoms with Gasteiger partial charge in [0, 0.05) is 42.0 Å². The summed E-state index contributed by atoms with van der Waals surface area (Å²) in [5, 5.41) is 2.37. The Hall–Kier alpha value is -1.78. The number of nitrogens with zero attached hydrogens (tertiary/aromatic N) is 2. The highest BCUT2D eigenvalue weighted by atomic mass is 35.5. The highest BCUT2D eigenvalue weighted by molar-refractivity contribution is 6.36. The van der Waals surface area contributed by atoms with Crippen LogP contribution in [-0.2, 0) is 6.54 Å². The van der Waals surface area contributed by atoms with Gasteiger partial charge in [-0.15, -0.1) is 0 Å². The van der Waals surface area contributed by atoms with Crippen LogP contribution in [0.4, 0.5) is 5.69 Å². The van der Waals surface area contributed by atoms with Gasteiger partial charge in [-0.3, -0.25) is 4.79 Å². The monoisotopic (exact) mass is 355 g/mol. The maximum Gasteiger partial charge on any atom is 0.255 e. The van der Waals surface area contributed by atoms with E-state index in [-0.39, 0.29) is 5.91 Å². The highest BCUT2D eigenvalue weighted by Crippen LogP contribution is 2.40. The van der Waals surface area contributed by atoms with Crippen molar-refractivity contribution in [3.63, 3.8) is 0 Å². The first-order valence-corrected chi connectivity index (χ1v) is 9.54. The zero-order valence-electron chi connectivity index (χ0n) is 14.2. The molecule has 2 saturated heterocycles. The van der Waals surface area contributed by atoms with E-state index in [9.17, 15) is 4.79 Å². The molecular weight excluding hydrogens is 334 g/mol. The van der Waals surface area contributed by atoms with Crippen molar-refractivity contribution in [2.24, 2.45) is 5.92 Å². The Bertz CT molecular complexity index is 881. The molecule has 3 aliphatic rings. The maximum absolute atomic E-state index is 13.3. The van der Waals surface area contributed by atoms with Crippen LogP contribution in [0.25, 0.3) is 10.8 Å². The molecule has 2 fully saturated rings. The number of rotatable bonds is 1. The van der Waals surface area contributed by atoms with Crippen molar-refractivity contribution in [3.05, 3.63) is 40.4 Å². The zero-order valence-corrected chi connectivity index (χ0v) is 14.9. The first-order valence-electron chi connectivity index (χ1n) is 9.16. The lowest BCUT2D eigenvalue weighted by Gasteiger charge is -2.48. The molecule has 5 rings (SSSR count). The highest BCUT2D eigenvalue weighted by Gasteiger charge is 2.39. The smallest absolute Gasteiger partial charge is 0.255 e. The van der Waals surface area contributed by atoms with Crippen LogP contribution < -0.4 is 5.73 Å². The number of halogens is 1. The van der Waals surface area contributed by atoms with Gasteiger partial charge in [-0.2, -0.15) is 0 Å². The summed E-state index contributed by atoms with van der Waals surface area (Å²) in [6.45, 7) is 4.14. The lowest BCUT2D eigenvalue weighted by molar-refractivity contribution is 0.0197. The van der Waals surface area contributed by atoms with Gasteiger partial charge in [0.1, 0.15) is 0 Å². The molecule has 0 spiro atoms. The van der Waals surface area contributed by atoms with Gasteiger partial charge >= 0.3 is 0 Å². The molecule has 3 aliphatic heterocycles. The largest absolute Gasteiger partial charge is 0.397 e. The van der Waals surface area contributed by atoms with Crippen molar-refractivity contribution < 1.29 is 4.79 Å². The Morgan fingerprint density at radius 3 is 2.96 bits per heavy atom. The number of amides is 1. The van der Waals surface area contributed by atoms with Crippen LogP contribution in [0, 0.1) is 5.92 Å². The average molecular weight is 356 g/mol.